The minimum Gasteiger partial charge on any atom is -0.450 e. The molecule has 0 radical (unpaired) electrons. The maximum absolute atomic E-state index is 11.1. The third-order valence-corrected chi connectivity index (χ3v) is 2.27. The van der Waals surface area contributed by atoms with E-state index in [1.807, 2.05) is 20.0 Å². The van der Waals surface area contributed by atoms with Crippen molar-refractivity contribution in [2.24, 2.45) is 0 Å². The molecule has 0 spiro atoms. The van der Waals surface area contributed by atoms with Crippen LogP contribution in [0, 0.1) is 6.92 Å². The fourth-order valence-corrected chi connectivity index (χ4v) is 1.35. The Morgan fingerprint density at radius 1 is 1.62 bits per heavy atom. The van der Waals surface area contributed by atoms with Crippen LogP contribution in [0.15, 0.2) is 6.20 Å². The molecule has 0 aromatic carbocycles. The number of aryl methyl sites for hydroxylation is 2. The SMILES string of the molecule is CCCOC(=O)NCCCc1c[nH]nc1C. The Morgan fingerprint density at radius 3 is 3.06 bits per heavy atom. The molecule has 1 aromatic heterocycles. The second-order valence-electron chi connectivity index (χ2n) is 3.66. The van der Waals surface area contributed by atoms with E-state index in [2.05, 4.69) is 15.5 Å². The molecule has 0 atom stereocenters. The largest absolute Gasteiger partial charge is 0.450 e. The summed E-state index contributed by atoms with van der Waals surface area (Å²) < 4.78 is 4.88. The number of carbonyl (C=O) groups excluding carboxylic acids is 1. The zero-order valence-corrected chi connectivity index (χ0v) is 9.88. The Labute approximate surface area is 95.6 Å². The van der Waals surface area contributed by atoms with E-state index in [1.165, 1.54) is 5.56 Å². The third kappa shape index (κ3) is 4.33. The molecule has 1 amide bonds. The second-order valence-corrected chi connectivity index (χ2v) is 3.66. The van der Waals surface area contributed by atoms with Crippen LogP contribution in [0.3, 0.4) is 0 Å². The molecule has 0 saturated carbocycles. The number of nitrogens with one attached hydrogen (secondary N) is 2. The first-order valence-corrected chi connectivity index (χ1v) is 5.64. The van der Waals surface area contributed by atoms with Gasteiger partial charge in [0.1, 0.15) is 0 Å². The highest BCUT2D eigenvalue weighted by molar-refractivity contribution is 5.66. The predicted molar refractivity (Wildman–Crippen MR) is 61.3 cm³/mol. The average molecular weight is 225 g/mol. The molecule has 2 N–H and O–H groups in total. The fraction of sp³-hybridized carbons (Fsp3) is 0.636. The molecule has 0 unspecified atom stereocenters. The monoisotopic (exact) mass is 225 g/mol. The van der Waals surface area contributed by atoms with E-state index < -0.39 is 0 Å². The van der Waals surface area contributed by atoms with Gasteiger partial charge in [-0.15, -0.1) is 0 Å². The van der Waals surface area contributed by atoms with Gasteiger partial charge in [-0.3, -0.25) is 5.10 Å². The summed E-state index contributed by atoms with van der Waals surface area (Å²) >= 11 is 0. The quantitative estimate of drug-likeness (QED) is 0.725. The van der Waals surface area contributed by atoms with Crippen LogP contribution >= 0.6 is 0 Å². The summed E-state index contributed by atoms with van der Waals surface area (Å²) in [4.78, 5) is 11.1. The molecule has 90 valence electrons. The van der Waals surface area contributed by atoms with Gasteiger partial charge in [-0.05, 0) is 31.7 Å². The Hall–Kier alpha value is -1.52. The lowest BCUT2D eigenvalue weighted by atomic mass is 10.1. The molecule has 0 aliphatic heterocycles. The molecule has 16 heavy (non-hydrogen) atoms. The van der Waals surface area contributed by atoms with Gasteiger partial charge in [0.2, 0.25) is 0 Å². The summed E-state index contributed by atoms with van der Waals surface area (Å²) in [6, 6.07) is 0. The molecule has 0 saturated heterocycles. The van der Waals surface area contributed by atoms with Gasteiger partial charge >= 0.3 is 6.09 Å². The van der Waals surface area contributed by atoms with Crippen molar-refractivity contribution >= 4 is 6.09 Å². The first-order chi connectivity index (χ1) is 7.74. The van der Waals surface area contributed by atoms with Gasteiger partial charge < -0.3 is 10.1 Å². The molecular weight excluding hydrogens is 206 g/mol. The van der Waals surface area contributed by atoms with E-state index in [0.717, 1.165) is 25.0 Å². The van der Waals surface area contributed by atoms with Gasteiger partial charge in [-0.2, -0.15) is 5.10 Å². The lowest BCUT2D eigenvalue weighted by molar-refractivity contribution is 0.146. The predicted octanol–water partition coefficient (Wildman–Crippen LogP) is 1.79. The van der Waals surface area contributed by atoms with Crippen molar-refractivity contribution < 1.29 is 9.53 Å². The molecule has 1 rings (SSSR count). The summed E-state index contributed by atoms with van der Waals surface area (Å²) in [5.74, 6) is 0. The van der Waals surface area contributed by atoms with E-state index in [1.54, 1.807) is 0 Å². The molecule has 0 aliphatic rings. The smallest absolute Gasteiger partial charge is 0.407 e. The molecule has 1 aromatic rings. The van der Waals surface area contributed by atoms with E-state index in [9.17, 15) is 4.79 Å². The van der Waals surface area contributed by atoms with Crippen molar-refractivity contribution in [2.45, 2.75) is 33.1 Å². The molecule has 5 nitrogen and oxygen atoms in total. The second kappa shape index (κ2) is 6.87. The number of aromatic amines is 1. The topological polar surface area (TPSA) is 67.0 Å². The third-order valence-electron chi connectivity index (χ3n) is 2.27. The standard InChI is InChI=1S/C11H19N3O2/c1-3-7-16-11(15)12-6-4-5-10-8-13-14-9(10)2/h8H,3-7H2,1-2H3,(H,12,15)(H,13,14). The van der Waals surface area contributed by atoms with Crippen LogP contribution in [-0.2, 0) is 11.2 Å². The average Bonchev–Trinajstić information content (AvgIpc) is 2.67. The van der Waals surface area contributed by atoms with Crippen LogP contribution in [0.5, 0.6) is 0 Å². The first-order valence-electron chi connectivity index (χ1n) is 5.64. The van der Waals surface area contributed by atoms with Crippen LogP contribution in [0.25, 0.3) is 0 Å². The number of aromatic nitrogens is 2. The number of alkyl carbamates (subject to hydrolysis) is 1. The molecule has 5 heteroatoms. The van der Waals surface area contributed by atoms with Crippen LogP contribution in [0.1, 0.15) is 31.0 Å². The van der Waals surface area contributed by atoms with Crippen molar-refractivity contribution in [1.82, 2.24) is 15.5 Å². The van der Waals surface area contributed by atoms with Gasteiger partial charge in [0, 0.05) is 12.7 Å². The van der Waals surface area contributed by atoms with Crippen LogP contribution in [-0.4, -0.2) is 29.4 Å². The van der Waals surface area contributed by atoms with Gasteiger partial charge in [0.15, 0.2) is 0 Å². The van der Waals surface area contributed by atoms with E-state index >= 15 is 0 Å². The number of carbonyl (C=O) groups is 1. The van der Waals surface area contributed by atoms with Gasteiger partial charge in [-0.1, -0.05) is 6.92 Å². The summed E-state index contributed by atoms with van der Waals surface area (Å²) in [7, 11) is 0. The van der Waals surface area contributed by atoms with Crippen molar-refractivity contribution in [2.75, 3.05) is 13.2 Å². The van der Waals surface area contributed by atoms with Crippen molar-refractivity contribution in [3.05, 3.63) is 17.5 Å². The Morgan fingerprint density at radius 2 is 2.44 bits per heavy atom. The minimum atomic E-state index is -0.328. The van der Waals surface area contributed by atoms with Crippen LogP contribution < -0.4 is 5.32 Å². The zero-order chi connectivity index (χ0) is 11.8. The highest BCUT2D eigenvalue weighted by Gasteiger charge is 2.02. The lowest BCUT2D eigenvalue weighted by Crippen LogP contribution is -2.25. The minimum absolute atomic E-state index is 0.328. The summed E-state index contributed by atoms with van der Waals surface area (Å²) in [6.45, 7) is 5.05. The zero-order valence-electron chi connectivity index (χ0n) is 9.88. The van der Waals surface area contributed by atoms with Gasteiger partial charge in [0.05, 0.1) is 12.3 Å². The molecular formula is C11H19N3O2. The van der Waals surface area contributed by atoms with Crippen molar-refractivity contribution in [3.8, 4) is 0 Å². The Kier molecular flexibility index (Phi) is 5.39. The fourth-order valence-electron chi connectivity index (χ4n) is 1.35. The number of rotatable bonds is 6. The maximum Gasteiger partial charge on any atom is 0.407 e. The number of amides is 1. The van der Waals surface area contributed by atoms with Crippen LogP contribution in [0.4, 0.5) is 4.79 Å². The van der Waals surface area contributed by atoms with Crippen molar-refractivity contribution in [1.29, 1.82) is 0 Å². The molecule has 0 bridgehead atoms. The van der Waals surface area contributed by atoms with E-state index in [4.69, 9.17) is 4.74 Å². The van der Waals surface area contributed by atoms with Crippen LogP contribution in [0.2, 0.25) is 0 Å². The highest BCUT2D eigenvalue weighted by Crippen LogP contribution is 2.04. The molecule has 0 aliphatic carbocycles. The molecule has 1 heterocycles. The Bertz CT molecular complexity index is 323. The number of hydrogen-bond donors (Lipinski definition) is 2. The van der Waals surface area contributed by atoms with E-state index in [-0.39, 0.29) is 6.09 Å². The van der Waals surface area contributed by atoms with E-state index in [0.29, 0.717) is 13.2 Å². The maximum atomic E-state index is 11.1. The van der Waals surface area contributed by atoms with Gasteiger partial charge in [0.25, 0.3) is 0 Å². The number of ether oxygens (including phenoxy) is 1. The number of H-pyrrole nitrogens is 1. The normalized spacial score (nSPS) is 10.1. The Balaban J connectivity index is 2.08. The molecule has 0 fully saturated rings. The number of nitrogens with zero attached hydrogens (tertiary/aromatic N) is 1. The summed E-state index contributed by atoms with van der Waals surface area (Å²) in [6.07, 6.45) is 4.22. The number of hydrogen-bond acceptors (Lipinski definition) is 3. The lowest BCUT2D eigenvalue weighted by Gasteiger charge is -2.05. The van der Waals surface area contributed by atoms with Gasteiger partial charge in [-0.25, -0.2) is 4.79 Å². The van der Waals surface area contributed by atoms with Crippen molar-refractivity contribution in [3.63, 3.8) is 0 Å². The summed E-state index contributed by atoms with van der Waals surface area (Å²) in [5.41, 5.74) is 2.22. The highest BCUT2D eigenvalue weighted by atomic mass is 16.5. The first kappa shape index (κ1) is 12.5. The summed E-state index contributed by atoms with van der Waals surface area (Å²) in [5, 5.41) is 9.56.